The van der Waals surface area contributed by atoms with Crippen molar-refractivity contribution in [1.29, 1.82) is 0 Å². The minimum Gasteiger partial charge on any atom is -0.379 e. The van der Waals surface area contributed by atoms with E-state index in [1.165, 1.54) is 77.3 Å². The van der Waals surface area contributed by atoms with Gasteiger partial charge in [-0.15, -0.1) is 0 Å². The number of dihydropyridines is 2. The van der Waals surface area contributed by atoms with Crippen LogP contribution in [0.1, 0.15) is 24.0 Å². The van der Waals surface area contributed by atoms with Crippen LogP contribution < -0.4 is 5.32 Å². The van der Waals surface area contributed by atoms with Crippen LogP contribution in [-0.4, -0.2) is 17.8 Å². The third-order valence-electron chi connectivity index (χ3n) is 10.9. The van der Waals surface area contributed by atoms with Crippen LogP contribution in [0, 0.1) is 5.92 Å². The van der Waals surface area contributed by atoms with Gasteiger partial charge in [0.2, 0.25) is 0 Å². The van der Waals surface area contributed by atoms with Gasteiger partial charge in [0.15, 0.2) is 0 Å². The Morgan fingerprint density at radius 1 is 0.560 bits per heavy atom. The average molecular weight is 641 g/mol. The molecule has 0 amide bonds. The van der Waals surface area contributed by atoms with E-state index in [1.54, 1.807) is 0 Å². The van der Waals surface area contributed by atoms with Crippen molar-refractivity contribution in [2.24, 2.45) is 10.9 Å². The molecule has 0 saturated carbocycles. The first kappa shape index (κ1) is 29.0. The van der Waals surface area contributed by atoms with Crippen LogP contribution in [-0.2, 0) is 0 Å². The molecule has 0 fully saturated rings. The Labute approximate surface area is 293 Å². The summed E-state index contributed by atoms with van der Waals surface area (Å²) in [6.07, 6.45) is 16.1. The molecule has 0 spiro atoms. The normalized spacial score (nSPS) is 20.7. The van der Waals surface area contributed by atoms with Crippen molar-refractivity contribution in [2.45, 2.75) is 24.9 Å². The molecule has 2 heterocycles. The van der Waals surface area contributed by atoms with Gasteiger partial charge >= 0.3 is 0 Å². The topological polar surface area (TPSA) is 24.4 Å². The van der Waals surface area contributed by atoms with Gasteiger partial charge in [-0.05, 0) is 91.1 Å². The quantitative estimate of drug-likeness (QED) is 0.191. The summed E-state index contributed by atoms with van der Waals surface area (Å²) in [7, 11) is 0. The van der Waals surface area contributed by atoms with Gasteiger partial charge in [0.25, 0.3) is 0 Å². The summed E-state index contributed by atoms with van der Waals surface area (Å²) < 4.78 is 0. The third-order valence-corrected chi connectivity index (χ3v) is 10.9. The van der Waals surface area contributed by atoms with Crippen molar-refractivity contribution in [1.82, 2.24) is 5.32 Å². The molecule has 50 heavy (non-hydrogen) atoms. The largest absolute Gasteiger partial charge is 0.379 e. The van der Waals surface area contributed by atoms with Crippen LogP contribution in [0.2, 0.25) is 0 Å². The number of hydrogen-bond acceptors (Lipinski definition) is 2. The van der Waals surface area contributed by atoms with Crippen molar-refractivity contribution in [3.05, 3.63) is 198 Å². The van der Waals surface area contributed by atoms with Crippen LogP contribution in [0.15, 0.2) is 192 Å². The smallest absolute Gasteiger partial charge is 0.100 e. The van der Waals surface area contributed by atoms with Gasteiger partial charge in [0, 0.05) is 17.2 Å². The highest BCUT2D eigenvalue weighted by molar-refractivity contribution is 6.13. The second-order valence-corrected chi connectivity index (χ2v) is 13.8. The molecule has 2 aliphatic carbocycles. The van der Waals surface area contributed by atoms with Crippen LogP contribution in [0.4, 0.5) is 0 Å². The zero-order valence-electron chi connectivity index (χ0n) is 27.8. The van der Waals surface area contributed by atoms with Gasteiger partial charge in [-0.25, -0.2) is 0 Å². The summed E-state index contributed by atoms with van der Waals surface area (Å²) >= 11 is 0. The van der Waals surface area contributed by atoms with Gasteiger partial charge in [-0.1, -0.05) is 158 Å². The van der Waals surface area contributed by atoms with Gasteiger partial charge in [0.05, 0.1) is 11.8 Å². The summed E-state index contributed by atoms with van der Waals surface area (Å²) in [5.41, 5.74) is 13.7. The fourth-order valence-corrected chi connectivity index (χ4v) is 8.41. The van der Waals surface area contributed by atoms with Crippen LogP contribution in [0.5, 0.6) is 0 Å². The number of aliphatic imine (C=N–C) groups is 1. The lowest BCUT2D eigenvalue weighted by Gasteiger charge is -2.40. The van der Waals surface area contributed by atoms with Crippen LogP contribution >= 0.6 is 0 Å². The minimum absolute atomic E-state index is 0.0462. The number of benzene rings is 6. The average Bonchev–Trinajstić information content (AvgIpc) is 3.20. The van der Waals surface area contributed by atoms with E-state index >= 15 is 0 Å². The predicted octanol–water partition coefficient (Wildman–Crippen LogP) is 11.3. The van der Waals surface area contributed by atoms with Crippen molar-refractivity contribution < 1.29 is 0 Å². The van der Waals surface area contributed by atoms with Crippen LogP contribution in [0.25, 0.3) is 49.4 Å². The van der Waals surface area contributed by atoms with E-state index in [2.05, 4.69) is 175 Å². The summed E-state index contributed by atoms with van der Waals surface area (Å²) in [5.74, 6) is 0.254. The van der Waals surface area contributed by atoms with Gasteiger partial charge in [-0.2, -0.15) is 0 Å². The lowest BCUT2D eigenvalue weighted by atomic mass is 9.75. The second kappa shape index (κ2) is 11.9. The molecule has 0 radical (unpaired) electrons. The first-order valence-corrected chi connectivity index (χ1v) is 17.8. The molecule has 3 atom stereocenters. The zero-order chi connectivity index (χ0) is 33.0. The van der Waals surface area contributed by atoms with E-state index in [0.717, 1.165) is 18.6 Å². The maximum atomic E-state index is 5.37. The van der Waals surface area contributed by atoms with Crippen molar-refractivity contribution >= 4 is 32.8 Å². The number of allylic oxidation sites excluding steroid dienone is 5. The number of fused-ring (bicyclic) bond motifs is 6. The predicted molar refractivity (Wildman–Crippen MR) is 210 cm³/mol. The highest BCUT2D eigenvalue weighted by Crippen LogP contribution is 2.44. The standard InChI is InChI=1S/C48H36N2/c1-3-10-31(11-4-1)37-23-20-33-24-27-40-38(15-9-16-39(40)43(33)30-37)32-18-21-35(22-19-32)46-41-14-7-8-17-45(41)50-48-42(46)28-25-36-26-29-44(49-47(36)48)34-12-5-2-6-13-34/h1-7,9-16,18-30,36,45,47,50H,8,17H2. The number of hydrogen-bond donors (Lipinski definition) is 1. The van der Waals surface area contributed by atoms with Gasteiger partial charge < -0.3 is 5.32 Å². The number of rotatable bonds is 4. The Morgan fingerprint density at radius 2 is 1.30 bits per heavy atom. The molecule has 10 rings (SSSR count). The molecule has 0 bridgehead atoms. The Morgan fingerprint density at radius 3 is 2.14 bits per heavy atom. The van der Waals surface area contributed by atoms with Crippen molar-refractivity contribution in [3.8, 4) is 22.3 Å². The fourth-order valence-electron chi connectivity index (χ4n) is 8.41. The molecule has 2 aliphatic heterocycles. The Kier molecular flexibility index (Phi) is 6.87. The lowest BCUT2D eigenvalue weighted by molar-refractivity contribution is 0.517. The molecule has 6 aromatic carbocycles. The van der Waals surface area contributed by atoms with E-state index in [0.29, 0.717) is 0 Å². The van der Waals surface area contributed by atoms with E-state index in [9.17, 15) is 0 Å². The first-order chi connectivity index (χ1) is 24.8. The van der Waals surface area contributed by atoms with Crippen molar-refractivity contribution in [3.63, 3.8) is 0 Å². The molecule has 0 saturated heterocycles. The molecule has 238 valence electrons. The van der Waals surface area contributed by atoms with E-state index in [-0.39, 0.29) is 18.0 Å². The van der Waals surface area contributed by atoms with Gasteiger partial charge in [-0.3, -0.25) is 4.99 Å². The summed E-state index contributed by atoms with van der Waals surface area (Å²) in [6, 6.07) is 49.0. The lowest BCUT2D eigenvalue weighted by Crippen LogP contribution is -2.43. The van der Waals surface area contributed by atoms with E-state index < -0.39 is 0 Å². The molecule has 2 heteroatoms. The second-order valence-electron chi connectivity index (χ2n) is 13.8. The van der Waals surface area contributed by atoms with Crippen molar-refractivity contribution in [2.75, 3.05) is 0 Å². The summed E-state index contributed by atoms with van der Waals surface area (Å²) in [6.45, 7) is 0. The Hall–Kier alpha value is -5.99. The highest BCUT2D eigenvalue weighted by atomic mass is 15.0. The SMILES string of the molecule is C1=CC2=C(c3ccc(-c4cccc5c4ccc4ccc(-c6ccccc6)cc45)cc3)C3=C(NC2CC1)C1N=C(c2ccccc2)C=CC1C=C3. The van der Waals surface area contributed by atoms with Crippen LogP contribution in [0.3, 0.4) is 0 Å². The number of nitrogens with zero attached hydrogens (tertiary/aromatic N) is 1. The molecule has 2 nitrogen and oxygen atoms in total. The third kappa shape index (κ3) is 4.82. The molecular weight excluding hydrogens is 605 g/mol. The zero-order valence-corrected chi connectivity index (χ0v) is 27.8. The molecule has 3 unspecified atom stereocenters. The molecule has 0 aromatic heterocycles. The summed E-state index contributed by atoms with van der Waals surface area (Å²) in [4.78, 5) is 5.37. The minimum atomic E-state index is 0.0462. The molecular formula is C48H36N2. The molecule has 4 aliphatic rings. The first-order valence-electron chi connectivity index (χ1n) is 17.8. The van der Waals surface area contributed by atoms with Gasteiger partial charge in [0.1, 0.15) is 6.04 Å². The summed E-state index contributed by atoms with van der Waals surface area (Å²) in [5, 5.41) is 9.11. The van der Waals surface area contributed by atoms with E-state index in [4.69, 9.17) is 4.99 Å². The maximum absolute atomic E-state index is 5.37. The van der Waals surface area contributed by atoms with E-state index in [1.807, 2.05) is 0 Å². The number of nitrogens with one attached hydrogen (secondary N) is 1. The molecule has 6 aromatic rings. The Bertz CT molecular complexity index is 2490. The fraction of sp³-hybridized carbons (Fsp3) is 0.104. The Balaban J connectivity index is 1.05. The monoisotopic (exact) mass is 640 g/mol. The maximum Gasteiger partial charge on any atom is 0.100 e. The molecule has 1 N–H and O–H groups in total. The highest BCUT2D eigenvalue weighted by Gasteiger charge is 2.37.